The van der Waals surface area contributed by atoms with Gasteiger partial charge in [0.15, 0.2) is 6.10 Å². The Morgan fingerprint density at radius 3 is 2.34 bits per heavy atom. The van der Waals surface area contributed by atoms with Gasteiger partial charge in [-0.1, -0.05) is 18.2 Å². The van der Waals surface area contributed by atoms with Crippen molar-refractivity contribution >= 4 is 24.2 Å². The number of piperazine rings is 2. The maximum atomic E-state index is 12.4. The van der Waals surface area contributed by atoms with Crippen molar-refractivity contribution in [2.24, 2.45) is 5.10 Å². The van der Waals surface area contributed by atoms with E-state index in [1.807, 2.05) is 17.8 Å². The number of carbonyl (C=O) groups is 1. The second-order valence-corrected chi connectivity index (χ2v) is 9.08. The third-order valence-corrected chi connectivity index (χ3v) is 6.92. The van der Waals surface area contributed by atoms with E-state index >= 15 is 0 Å². The molecule has 0 unspecified atom stereocenters. The molecule has 9 nitrogen and oxygen atoms in total. The lowest BCUT2D eigenvalue weighted by Crippen LogP contribution is -2.50. The number of carbonyl (C=O) groups excluding carboxylic acids is 1. The number of nitrogens with zero attached hydrogens (tertiary/aromatic N) is 5. The fourth-order valence-corrected chi connectivity index (χ4v) is 4.83. The second kappa shape index (κ2) is 10.5. The van der Waals surface area contributed by atoms with Crippen molar-refractivity contribution < 1.29 is 14.3 Å². The minimum Gasteiger partial charge on any atom is -0.441 e. The zero-order valence-electron chi connectivity index (χ0n) is 20.4. The Labute approximate surface area is 206 Å². The van der Waals surface area contributed by atoms with E-state index < -0.39 is 0 Å². The van der Waals surface area contributed by atoms with Gasteiger partial charge in [-0.3, -0.25) is 0 Å². The Morgan fingerprint density at radius 2 is 1.74 bits per heavy atom. The zero-order chi connectivity index (χ0) is 24.2. The number of amides is 1. The fraction of sp³-hybridized carbons (Fsp3) is 0.462. The molecule has 0 aliphatic carbocycles. The molecule has 3 aliphatic rings. The van der Waals surface area contributed by atoms with Crippen LogP contribution in [0.3, 0.4) is 0 Å². The zero-order valence-corrected chi connectivity index (χ0v) is 20.4. The third kappa shape index (κ3) is 5.06. The maximum absolute atomic E-state index is 12.4. The van der Waals surface area contributed by atoms with E-state index in [1.54, 1.807) is 4.90 Å². The molecule has 0 atom stereocenters. The summed E-state index contributed by atoms with van der Waals surface area (Å²) in [5, 5.41) is 7.65. The largest absolute Gasteiger partial charge is 0.441 e. The van der Waals surface area contributed by atoms with Gasteiger partial charge in [0, 0.05) is 76.5 Å². The van der Waals surface area contributed by atoms with E-state index in [4.69, 9.17) is 9.47 Å². The summed E-state index contributed by atoms with van der Waals surface area (Å²) in [7, 11) is 0. The Kier molecular flexibility index (Phi) is 7.06. The van der Waals surface area contributed by atoms with Gasteiger partial charge in [-0.05, 0) is 30.7 Å². The van der Waals surface area contributed by atoms with Gasteiger partial charge in [0.1, 0.15) is 0 Å². The van der Waals surface area contributed by atoms with Crippen molar-refractivity contribution in [2.75, 3.05) is 70.5 Å². The summed E-state index contributed by atoms with van der Waals surface area (Å²) in [6.45, 7) is 13.6. The van der Waals surface area contributed by atoms with Crippen LogP contribution in [0.25, 0.3) is 16.8 Å². The predicted molar refractivity (Wildman–Crippen MR) is 138 cm³/mol. The molecule has 9 heteroatoms. The minimum absolute atomic E-state index is 0.0991. The van der Waals surface area contributed by atoms with Crippen molar-refractivity contribution in [1.82, 2.24) is 19.8 Å². The lowest BCUT2D eigenvalue weighted by molar-refractivity contribution is -0.105. The Hall–Kier alpha value is -3.30. The molecule has 1 aromatic carbocycles. The highest BCUT2D eigenvalue weighted by atomic mass is 16.6. The summed E-state index contributed by atoms with van der Waals surface area (Å²) in [6.07, 6.45) is 3.79. The summed E-state index contributed by atoms with van der Waals surface area (Å²) in [6, 6.07) is 10.9. The third-order valence-electron chi connectivity index (χ3n) is 6.92. The van der Waals surface area contributed by atoms with Crippen LogP contribution in [0.1, 0.15) is 12.6 Å². The molecule has 1 aromatic heterocycles. The lowest BCUT2D eigenvalue weighted by atomic mass is 10.1. The molecule has 0 spiro atoms. The van der Waals surface area contributed by atoms with Gasteiger partial charge in [0.25, 0.3) is 0 Å². The first-order valence-electron chi connectivity index (χ1n) is 12.4. The average Bonchev–Trinajstić information content (AvgIpc) is 3.32. The molecule has 3 aliphatic heterocycles. The van der Waals surface area contributed by atoms with E-state index in [2.05, 4.69) is 63.3 Å². The molecule has 4 heterocycles. The molecule has 1 amide bonds. The van der Waals surface area contributed by atoms with Gasteiger partial charge in [-0.2, -0.15) is 5.10 Å². The van der Waals surface area contributed by atoms with Crippen LogP contribution < -0.4 is 10.2 Å². The van der Waals surface area contributed by atoms with Crippen molar-refractivity contribution in [3.63, 3.8) is 0 Å². The Bertz CT molecular complexity index is 1060. The Balaban J connectivity index is 1.27. The highest BCUT2D eigenvalue weighted by Crippen LogP contribution is 2.30. The van der Waals surface area contributed by atoms with Gasteiger partial charge in [-0.25, -0.2) is 9.47 Å². The number of benzene rings is 1. The topological polar surface area (TPSA) is 74.6 Å². The number of hydrogen-bond acceptors (Lipinski definition) is 7. The molecule has 0 bridgehead atoms. The molecule has 3 saturated heterocycles. The van der Waals surface area contributed by atoms with Crippen molar-refractivity contribution in [2.45, 2.75) is 13.0 Å². The number of hydrogen-bond donors (Lipinski definition) is 1. The van der Waals surface area contributed by atoms with Gasteiger partial charge in [-0.15, -0.1) is 0 Å². The first-order valence-corrected chi connectivity index (χ1v) is 12.4. The van der Waals surface area contributed by atoms with Crippen LogP contribution in [0, 0.1) is 0 Å². The van der Waals surface area contributed by atoms with Crippen molar-refractivity contribution in [3.8, 4) is 11.1 Å². The van der Waals surface area contributed by atoms with Gasteiger partial charge in [0.2, 0.25) is 0 Å². The fourth-order valence-electron chi connectivity index (χ4n) is 4.83. The van der Waals surface area contributed by atoms with E-state index in [-0.39, 0.29) is 12.2 Å². The molecular formula is C26H34N6O3. The smallest absolute Gasteiger partial charge is 0.410 e. The number of aromatic nitrogens is 1. The first-order chi connectivity index (χ1) is 17.2. The van der Waals surface area contributed by atoms with Crippen LogP contribution in [0.2, 0.25) is 0 Å². The van der Waals surface area contributed by atoms with E-state index in [0.717, 1.165) is 61.8 Å². The molecule has 5 rings (SSSR count). The summed E-state index contributed by atoms with van der Waals surface area (Å²) in [5.74, 6) is 0. The number of nitrogens with one attached hydrogen (secondary N) is 1. The molecule has 3 fully saturated rings. The van der Waals surface area contributed by atoms with Crippen LogP contribution in [0.4, 0.5) is 10.5 Å². The quantitative estimate of drug-likeness (QED) is 0.644. The summed E-state index contributed by atoms with van der Waals surface area (Å²) in [5.41, 5.74) is 5.58. The maximum Gasteiger partial charge on any atom is 0.410 e. The summed E-state index contributed by atoms with van der Waals surface area (Å²) >= 11 is 0. The number of anilines is 1. The molecule has 1 N–H and O–H groups in total. The lowest BCUT2D eigenvalue weighted by Gasteiger charge is -2.38. The number of ether oxygens (including phenoxy) is 2. The Morgan fingerprint density at radius 1 is 1.06 bits per heavy atom. The first kappa shape index (κ1) is 23.4. The summed E-state index contributed by atoms with van der Waals surface area (Å²) < 4.78 is 12.4. The molecule has 0 saturated carbocycles. The molecule has 2 aromatic rings. The van der Waals surface area contributed by atoms with Crippen LogP contribution in [-0.2, 0) is 9.47 Å². The molecular weight excluding hydrogens is 444 g/mol. The number of allylic oxidation sites excluding steroid dienone is 1. The van der Waals surface area contributed by atoms with Crippen molar-refractivity contribution in [1.29, 1.82) is 0 Å². The van der Waals surface area contributed by atoms with E-state index in [9.17, 15) is 4.79 Å². The summed E-state index contributed by atoms with van der Waals surface area (Å²) in [4.78, 5) is 18.9. The second-order valence-electron chi connectivity index (χ2n) is 9.08. The monoisotopic (exact) mass is 478 g/mol. The number of rotatable bonds is 6. The normalized spacial score (nSPS) is 19.5. The predicted octanol–water partition coefficient (Wildman–Crippen LogP) is 2.54. The molecule has 35 heavy (non-hydrogen) atoms. The van der Waals surface area contributed by atoms with Crippen molar-refractivity contribution in [3.05, 3.63) is 48.3 Å². The van der Waals surface area contributed by atoms with Crippen LogP contribution in [0.5, 0.6) is 0 Å². The van der Waals surface area contributed by atoms with Crippen LogP contribution in [0.15, 0.2) is 47.7 Å². The molecule has 186 valence electrons. The average molecular weight is 479 g/mol. The molecule has 0 radical (unpaired) electrons. The van der Waals surface area contributed by atoms with Gasteiger partial charge >= 0.3 is 6.09 Å². The van der Waals surface area contributed by atoms with Gasteiger partial charge in [0.05, 0.1) is 24.6 Å². The van der Waals surface area contributed by atoms with Crippen LogP contribution >= 0.6 is 0 Å². The minimum atomic E-state index is -0.248. The highest BCUT2D eigenvalue weighted by molar-refractivity contribution is 5.73. The highest BCUT2D eigenvalue weighted by Gasteiger charge is 2.29. The standard InChI is InChI=1S/C26H34N6O3/c1-3-24(30-12-14-31(15-13-30)26(33)35-23-18-34-19-23)25-16-21(17-32(25)27-2)20-4-6-22(7-5-20)29-10-8-28-9-11-29/h3-7,16-17,23,28H,2,8-15,18-19H2,1H3/b24-3+. The van der Waals surface area contributed by atoms with E-state index in [1.165, 1.54) is 5.69 Å². The SMILES string of the molecule is C=Nn1cc(-c2ccc(N3CCNCC3)cc2)cc1/C(=C\C)N1CCN(C(=O)OC2COC2)CC1. The van der Waals surface area contributed by atoms with Crippen LogP contribution in [-0.4, -0.2) is 99.0 Å². The van der Waals surface area contributed by atoms with Gasteiger partial charge < -0.3 is 29.5 Å². The van der Waals surface area contributed by atoms with E-state index in [0.29, 0.717) is 26.3 Å².